The molecular formula is C60H70Br2ClN5. The van der Waals surface area contributed by atoms with Gasteiger partial charge < -0.3 is 17.7 Å². The summed E-state index contributed by atoms with van der Waals surface area (Å²) in [5, 5.41) is 8.06. The minimum atomic E-state index is -0.135. The highest BCUT2D eigenvalue weighted by molar-refractivity contribution is 9.11. The van der Waals surface area contributed by atoms with E-state index in [4.69, 9.17) is 4.99 Å². The summed E-state index contributed by atoms with van der Waals surface area (Å²) in [6, 6.07) is 53.1. The van der Waals surface area contributed by atoms with Gasteiger partial charge in [0.1, 0.15) is 18.1 Å². The van der Waals surface area contributed by atoms with Crippen molar-refractivity contribution in [3.8, 4) is 0 Å². The average Bonchev–Trinajstić information content (AvgIpc) is 3.83. The molecule has 2 aliphatic heterocycles. The average molecular weight is 1060 g/mol. The lowest BCUT2D eigenvalue weighted by atomic mass is 9.79. The third kappa shape index (κ3) is 10.9. The van der Waals surface area contributed by atoms with Crippen LogP contribution in [0.1, 0.15) is 163 Å². The number of hydrogen-bond donors (Lipinski definition) is 2. The molecule has 0 saturated carbocycles. The zero-order chi connectivity index (χ0) is 48.1. The smallest absolute Gasteiger partial charge is 0.357 e. The summed E-state index contributed by atoms with van der Waals surface area (Å²) < 4.78 is 4.96. The van der Waals surface area contributed by atoms with Crippen molar-refractivity contribution in [2.75, 3.05) is 0 Å². The highest BCUT2D eigenvalue weighted by Crippen LogP contribution is 2.47. The molecule has 356 valence electrons. The molecule has 0 saturated heterocycles. The lowest BCUT2D eigenvalue weighted by Gasteiger charge is -2.30. The summed E-state index contributed by atoms with van der Waals surface area (Å²) in [5.41, 5.74) is 12.4. The van der Waals surface area contributed by atoms with Crippen molar-refractivity contribution in [3.63, 3.8) is 0 Å². The third-order valence-corrected chi connectivity index (χ3v) is 15.4. The standard InChI is InChI=1S/C60H69Br2N5.ClH/c1-57(2,3)45-33-43(49(61)47(35-45)59(7,8)9)37-66-53(41-29-21-15-22-30-41)54(42-31-23-16-24-32-42)67(38-44-34-46(58(4,5)6)36-48(50(44)62)60(10,11)12)56(66)65-55-63-51(39-25-17-13-18-26-39)52(64-55)40-27-19-14-20-28-40;/h13-36,51-54H,37-38H2,1-12H3,(H,63,64);1H/t51-,52-,53-,54-;/m0./s1. The second-order valence-corrected chi connectivity index (χ2v) is 24.4. The van der Waals surface area contributed by atoms with Gasteiger partial charge in [-0.1, -0.05) is 261 Å². The van der Waals surface area contributed by atoms with Crippen molar-refractivity contribution in [2.24, 2.45) is 4.99 Å². The maximum atomic E-state index is 5.58. The first-order valence-corrected chi connectivity index (χ1v) is 25.6. The Labute approximate surface area is 430 Å². The predicted octanol–water partition coefficient (Wildman–Crippen LogP) is 12.3. The lowest BCUT2D eigenvalue weighted by Crippen LogP contribution is -3.00. The van der Waals surface area contributed by atoms with E-state index in [0.29, 0.717) is 13.1 Å². The van der Waals surface area contributed by atoms with Crippen LogP contribution in [0.2, 0.25) is 0 Å². The largest absolute Gasteiger partial charge is 1.00 e. The first kappa shape index (κ1) is 51.2. The summed E-state index contributed by atoms with van der Waals surface area (Å²) in [6.45, 7) is 29.2. The van der Waals surface area contributed by atoms with Crippen LogP contribution in [0.5, 0.6) is 0 Å². The molecule has 8 heteroatoms. The van der Waals surface area contributed by atoms with Gasteiger partial charge in [-0.3, -0.25) is 0 Å². The molecule has 4 atom stereocenters. The minimum Gasteiger partial charge on any atom is -1.00 e. The normalized spacial score (nSPS) is 18.9. The molecule has 0 aromatic heterocycles. The maximum absolute atomic E-state index is 5.58. The van der Waals surface area contributed by atoms with Gasteiger partial charge in [-0.05, 0) is 66.2 Å². The topological polar surface area (TPSA) is 42.7 Å². The van der Waals surface area contributed by atoms with Gasteiger partial charge in [-0.2, -0.15) is 0 Å². The highest BCUT2D eigenvalue weighted by Gasteiger charge is 2.50. The van der Waals surface area contributed by atoms with Crippen molar-refractivity contribution in [1.82, 2.24) is 15.5 Å². The Kier molecular flexibility index (Phi) is 15.0. The van der Waals surface area contributed by atoms with Gasteiger partial charge in [0.2, 0.25) is 0 Å². The Hall–Kier alpha value is -4.69. The number of rotatable bonds is 8. The molecule has 0 amide bonds. The Bertz CT molecular complexity index is 2760. The second-order valence-electron chi connectivity index (χ2n) is 22.8. The van der Waals surface area contributed by atoms with E-state index in [1.54, 1.807) is 0 Å². The molecule has 0 aliphatic carbocycles. The number of benzene rings is 6. The van der Waals surface area contributed by atoms with Gasteiger partial charge in [-0.15, -0.1) is 0 Å². The summed E-state index contributed by atoms with van der Waals surface area (Å²) in [6.07, 6.45) is 0. The van der Waals surface area contributed by atoms with E-state index in [0.717, 1.165) is 20.9 Å². The Morgan fingerprint density at radius 2 is 0.971 bits per heavy atom. The molecule has 68 heavy (non-hydrogen) atoms. The van der Waals surface area contributed by atoms with E-state index >= 15 is 0 Å². The molecule has 8 rings (SSSR count). The highest BCUT2D eigenvalue weighted by atomic mass is 79.9. The lowest BCUT2D eigenvalue weighted by molar-refractivity contribution is -0.583. The SMILES string of the molecule is CC(C)(C)c1cc(CN2C(NC3=N[C@@H](c4ccccc4)[C@H](c4ccccc4)N3)=[N+](Cc3cc(C(C)(C)C)cc(C(C)(C)C)c3Br)[C@@H](c3ccccc3)[C@@H]2c2ccccc2)c(Br)c(C(C)(C)C)c1.[Cl-]. The van der Waals surface area contributed by atoms with Crippen molar-refractivity contribution in [3.05, 3.63) is 210 Å². The first-order valence-electron chi connectivity index (χ1n) is 24.0. The number of nitrogens with one attached hydrogen (secondary N) is 2. The second kappa shape index (κ2) is 20.0. The van der Waals surface area contributed by atoms with Gasteiger partial charge >= 0.3 is 5.96 Å². The number of halogens is 3. The van der Waals surface area contributed by atoms with Crippen molar-refractivity contribution in [1.29, 1.82) is 0 Å². The monoisotopic (exact) mass is 1050 g/mol. The molecule has 0 spiro atoms. The van der Waals surface area contributed by atoms with E-state index in [1.807, 2.05) is 0 Å². The zero-order valence-corrected chi connectivity index (χ0v) is 46.0. The third-order valence-electron chi connectivity index (χ3n) is 13.5. The fourth-order valence-electron chi connectivity index (χ4n) is 9.70. The number of hydrogen-bond acceptors (Lipinski definition) is 4. The molecule has 2 aliphatic rings. The van der Waals surface area contributed by atoms with Crippen LogP contribution in [0.4, 0.5) is 0 Å². The molecule has 5 nitrogen and oxygen atoms in total. The molecule has 2 heterocycles. The zero-order valence-electron chi connectivity index (χ0n) is 42.1. The summed E-state index contributed by atoms with van der Waals surface area (Å²) in [4.78, 5) is 8.22. The number of nitrogens with zero attached hydrogens (tertiary/aromatic N) is 3. The van der Waals surface area contributed by atoms with Crippen LogP contribution in [-0.2, 0) is 34.7 Å². The maximum Gasteiger partial charge on any atom is 0.357 e. The van der Waals surface area contributed by atoms with Gasteiger partial charge in [0, 0.05) is 20.1 Å². The Morgan fingerprint density at radius 1 is 0.544 bits per heavy atom. The van der Waals surface area contributed by atoms with Gasteiger partial charge in [0.15, 0.2) is 0 Å². The van der Waals surface area contributed by atoms with Crippen LogP contribution >= 0.6 is 31.9 Å². The summed E-state index contributed by atoms with van der Waals surface area (Å²) in [5.74, 6) is 1.76. The molecule has 0 radical (unpaired) electrons. The van der Waals surface area contributed by atoms with E-state index in [9.17, 15) is 0 Å². The minimum absolute atomic E-state index is 0. The molecular weight excluding hydrogens is 986 g/mol. The van der Waals surface area contributed by atoms with Gasteiger partial charge in [0.25, 0.3) is 5.96 Å². The molecule has 0 fully saturated rings. The fraction of sp³-hybridized carbons (Fsp3) is 0.367. The van der Waals surface area contributed by atoms with Crippen LogP contribution in [0.25, 0.3) is 0 Å². The molecule has 6 aromatic carbocycles. The van der Waals surface area contributed by atoms with E-state index < -0.39 is 0 Å². The molecule has 2 N–H and O–H groups in total. The Balaban J connectivity index is 0.00000684. The van der Waals surface area contributed by atoms with Crippen LogP contribution < -0.4 is 23.0 Å². The van der Waals surface area contributed by atoms with Gasteiger partial charge in [-0.25, -0.2) is 19.8 Å². The van der Waals surface area contributed by atoms with Crippen molar-refractivity contribution >= 4 is 43.8 Å². The van der Waals surface area contributed by atoms with E-state index in [1.165, 1.54) is 55.6 Å². The van der Waals surface area contributed by atoms with Crippen LogP contribution in [0.15, 0.2) is 160 Å². The fourth-order valence-corrected chi connectivity index (χ4v) is 11.6. The van der Waals surface area contributed by atoms with Gasteiger partial charge in [0.05, 0.1) is 19.1 Å². The number of guanidine groups is 2. The van der Waals surface area contributed by atoms with Crippen molar-refractivity contribution < 1.29 is 17.0 Å². The van der Waals surface area contributed by atoms with Crippen LogP contribution in [0.3, 0.4) is 0 Å². The quantitative estimate of drug-likeness (QED) is 0.149. The molecule has 0 unspecified atom stereocenters. The van der Waals surface area contributed by atoms with Crippen LogP contribution in [0, 0.1) is 0 Å². The number of aliphatic imine (C=N–C) groups is 1. The summed E-state index contributed by atoms with van der Waals surface area (Å²) in [7, 11) is 0. The van der Waals surface area contributed by atoms with Crippen LogP contribution in [-0.4, -0.2) is 21.4 Å². The van der Waals surface area contributed by atoms with E-state index in [2.05, 4.69) is 281 Å². The molecule has 0 bridgehead atoms. The summed E-state index contributed by atoms with van der Waals surface area (Å²) >= 11 is 8.51. The first-order chi connectivity index (χ1) is 31.6. The van der Waals surface area contributed by atoms with E-state index in [-0.39, 0.29) is 58.2 Å². The predicted molar refractivity (Wildman–Crippen MR) is 288 cm³/mol. The molecule has 6 aromatic rings. The van der Waals surface area contributed by atoms with Crippen molar-refractivity contribution in [2.45, 2.75) is 142 Å². The Morgan fingerprint density at radius 3 is 1.44 bits per heavy atom.